The number of nitrogens with one attached hydrogen (secondary N) is 2. The van der Waals surface area contributed by atoms with Crippen molar-refractivity contribution in [3.05, 3.63) is 35.4 Å². The summed E-state index contributed by atoms with van der Waals surface area (Å²) in [4.78, 5) is 16.0. The van der Waals surface area contributed by atoms with Crippen molar-refractivity contribution in [2.45, 2.75) is 13.0 Å². The van der Waals surface area contributed by atoms with Crippen LogP contribution >= 0.6 is 11.6 Å². The standard InChI is InChI=1S/C13H16ClN5O2/c1-8(12-15-7-16-19(12)2)17-13(20)18-9-4-5-11(21-3)10(14)6-9/h4-8H,1-3H3,(H2,17,18,20)/t8-/m1/s1. The van der Waals surface area contributed by atoms with E-state index in [1.807, 2.05) is 6.92 Å². The van der Waals surface area contributed by atoms with Crippen LogP contribution in [0.25, 0.3) is 0 Å². The lowest BCUT2D eigenvalue weighted by Gasteiger charge is -2.14. The van der Waals surface area contributed by atoms with Crippen LogP contribution in [0, 0.1) is 0 Å². The van der Waals surface area contributed by atoms with E-state index in [0.29, 0.717) is 22.3 Å². The van der Waals surface area contributed by atoms with E-state index in [9.17, 15) is 4.79 Å². The van der Waals surface area contributed by atoms with Crippen LogP contribution in [0.15, 0.2) is 24.5 Å². The predicted molar refractivity (Wildman–Crippen MR) is 79.6 cm³/mol. The van der Waals surface area contributed by atoms with E-state index in [4.69, 9.17) is 16.3 Å². The number of aryl methyl sites for hydroxylation is 1. The molecule has 2 N–H and O–H groups in total. The number of carbonyl (C=O) groups is 1. The number of nitrogens with zero attached hydrogens (tertiary/aromatic N) is 3. The van der Waals surface area contributed by atoms with E-state index in [2.05, 4.69) is 20.7 Å². The molecule has 112 valence electrons. The number of urea groups is 1. The van der Waals surface area contributed by atoms with Crippen molar-refractivity contribution in [2.24, 2.45) is 7.05 Å². The monoisotopic (exact) mass is 309 g/mol. The fourth-order valence-electron chi connectivity index (χ4n) is 1.87. The van der Waals surface area contributed by atoms with E-state index >= 15 is 0 Å². The van der Waals surface area contributed by atoms with Gasteiger partial charge < -0.3 is 15.4 Å². The molecule has 1 atom stereocenters. The molecule has 0 radical (unpaired) electrons. The third-order valence-electron chi connectivity index (χ3n) is 2.89. The summed E-state index contributed by atoms with van der Waals surface area (Å²) in [5.74, 6) is 1.22. The summed E-state index contributed by atoms with van der Waals surface area (Å²) in [5.41, 5.74) is 0.573. The van der Waals surface area contributed by atoms with Crippen LogP contribution < -0.4 is 15.4 Å². The van der Waals surface area contributed by atoms with Gasteiger partial charge in [-0.1, -0.05) is 11.6 Å². The predicted octanol–water partition coefficient (Wildman–Crippen LogP) is 2.36. The molecule has 7 nitrogen and oxygen atoms in total. The third kappa shape index (κ3) is 3.63. The van der Waals surface area contributed by atoms with Crippen molar-refractivity contribution in [1.82, 2.24) is 20.1 Å². The fourth-order valence-corrected chi connectivity index (χ4v) is 2.13. The van der Waals surface area contributed by atoms with Gasteiger partial charge in [0.2, 0.25) is 0 Å². The van der Waals surface area contributed by atoms with Gasteiger partial charge in [-0.3, -0.25) is 4.68 Å². The van der Waals surface area contributed by atoms with Crippen LogP contribution in [0.1, 0.15) is 18.8 Å². The molecule has 0 spiro atoms. The first-order chi connectivity index (χ1) is 10.0. The summed E-state index contributed by atoms with van der Waals surface area (Å²) in [7, 11) is 3.30. The largest absolute Gasteiger partial charge is 0.495 e. The number of amides is 2. The summed E-state index contributed by atoms with van der Waals surface area (Å²) < 4.78 is 6.66. The maximum Gasteiger partial charge on any atom is 0.319 e. The van der Waals surface area contributed by atoms with Gasteiger partial charge in [-0.05, 0) is 25.1 Å². The Balaban J connectivity index is 1.99. The molecule has 1 heterocycles. The lowest BCUT2D eigenvalue weighted by molar-refractivity contribution is 0.248. The number of carbonyl (C=O) groups excluding carboxylic acids is 1. The summed E-state index contributed by atoms with van der Waals surface area (Å²) in [6.45, 7) is 1.82. The molecule has 0 unspecified atom stereocenters. The van der Waals surface area contributed by atoms with E-state index in [0.717, 1.165) is 0 Å². The molecule has 1 aromatic heterocycles. The van der Waals surface area contributed by atoms with Gasteiger partial charge in [0.15, 0.2) is 0 Å². The summed E-state index contributed by atoms with van der Waals surface area (Å²) >= 11 is 6.00. The molecular formula is C13H16ClN5O2. The second kappa shape index (κ2) is 6.45. The number of methoxy groups -OCH3 is 1. The Bertz CT molecular complexity index is 643. The average Bonchev–Trinajstić information content (AvgIpc) is 2.85. The van der Waals surface area contributed by atoms with E-state index < -0.39 is 0 Å². The van der Waals surface area contributed by atoms with Crippen molar-refractivity contribution < 1.29 is 9.53 Å². The summed E-state index contributed by atoms with van der Waals surface area (Å²) in [6, 6.07) is 4.38. The molecule has 0 saturated heterocycles. The summed E-state index contributed by atoms with van der Waals surface area (Å²) in [6.07, 6.45) is 1.44. The average molecular weight is 310 g/mol. The molecule has 21 heavy (non-hydrogen) atoms. The Morgan fingerprint density at radius 3 is 2.81 bits per heavy atom. The van der Waals surface area contributed by atoms with Crippen LogP contribution in [0.2, 0.25) is 5.02 Å². The van der Waals surface area contributed by atoms with Gasteiger partial charge in [-0.2, -0.15) is 5.10 Å². The minimum Gasteiger partial charge on any atom is -0.495 e. The normalized spacial score (nSPS) is 11.8. The van der Waals surface area contributed by atoms with Gasteiger partial charge in [0.05, 0.1) is 18.2 Å². The molecule has 0 fully saturated rings. The molecule has 0 bridgehead atoms. The van der Waals surface area contributed by atoms with Gasteiger partial charge >= 0.3 is 6.03 Å². The highest BCUT2D eigenvalue weighted by molar-refractivity contribution is 6.32. The topological polar surface area (TPSA) is 81.1 Å². The molecular weight excluding hydrogens is 294 g/mol. The molecule has 0 saturated carbocycles. The fraction of sp³-hybridized carbons (Fsp3) is 0.308. The van der Waals surface area contributed by atoms with E-state index in [1.54, 1.807) is 29.9 Å². The number of ether oxygens (including phenoxy) is 1. The molecule has 2 aromatic rings. The Kier molecular flexibility index (Phi) is 4.64. The highest BCUT2D eigenvalue weighted by atomic mass is 35.5. The smallest absolute Gasteiger partial charge is 0.319 e. The van der Waals surface area contributed by atoms with Crippen molar-refractivity contribution >= 4 is 23.3 Å². The first-order valence-electron chi connectivity index (χ1n) is 6.26. The van der Waals surface area contributed by atoms with Gasteiger partial charge in [0.1, 0.15) is 17.9 Å². The van der Waals surface area contributed by atoms with Crippen LogP contribution in [-0.4, -0.2) is 27.9 Å². The molecule has 8 heteroatoms. The van der Waals surface area contributed by atoms with Crippen LogP contribution in [0.3, 0.4) is 0 Å². The van der Waals surface area contributed by atoms with Crippen LogP contribution in [-0.2, 0) is 7.05 Å². The Morgan fingerprint density at radius 2 is 2.24 bits per heavy atom. The number of halogens is 1. The first kappa shape index (κ1) is 15.1. The molecule has 0 aliphatic carbocycles. The van der Waals surface area contributed by atoms with Crippen molar-refractivity contribution in [3.8, 4) is 5.75 Å². The SMILES string of the molecule is COc1ccc(NC(=O)N[C@H](C)c2ncnn2C)cc1Cl. The second-order valence-electron chi connectivity index (χ2n) is 4.41. The Morgan fingerprint density at radius 1 is 1.48 bits per heavy atom. The number of hydrogen-bond donors (Lipinski definition) is 2. The van der Waals surface area contributed by atoms with Crippen LogP contribution in [0.4, 0.5) is 10.5 Å². The first-order valence-corrected chi connectivity index (χ1v) is 6.64. The second-order valence-corrected chi connectivity index (χ2v) is 4.82. The maximum atomic E-state index is 11.9. The number of aromatic nitrogens is 3. The van der Waals surface area contributed by atoms with Crippen molar-refractivity contribution in [1.29, 1.82) is 0 Å². The zero-order valence-corrected chi connectivity index (χ0v) is 12.7. The molecule has 0 aliphatic rings. The van der Waals surface area contributed by atoms with E-state index in [-0.39, 0.29) is 12.1 Å². The highest BCUT2D eigenvalue weighted by Crippen LogP contribution is 2.27. The minimum absolute atomic E-state index is 0.272. The lowest BCUT2D eigenvalue weighted by Crippen LogP contribution is -2.32. The number of rotatable bonds is 4. The number of hydrogen-bond acceptors (Lipinski definition) is 4. The molecule has 2 rings (SSSR count). The van der Waals surface area contributed by atoms with Gasteiger partial charge in [0, 0.05) is 12.7 Å². The zero-order valence-electron chi connectivity index (χ0n) is 11.9. The minimum atomic E-state index is -0.355. The molecule has 0 aliphatic heterocycles. The van der Waals surface area contributed by atoms with Crippen molar-refractivity contribution in [2.75, 3.05) is 12.4 Å². The third-order valence-corrected chi connectivity index (χ3v) is 3.19. The number of anilines is 1. The lowest BCUT2D eigenvalue weighted by atomic mass is 10.3. The van der Waals surface area contributed by atoms with E-state index in [1.165, 1.54) is 13.4 Å². The van der Waals surface area contributed by atoms with Gasteiger partial charge in [-0.15, -0.1) is 0 Å². The van der Waals surface area contributed by atoms with Crippen LogP contribution in [0.5, 0.6) is 5.75 Å². The number of benzene rings is 1. The highest BCUT2D eigenvalue weighted by Gasteiger charge is 2.14. The quantitative estimate of drug-likeness (QED) is 0.908. The molecule has 2 amide bonds. The zero-order chi connectivity index (χ0) is 15.4. The Hall–Kier alpha value is -2.28. The molecule has 1 aromatic carbocycles. The van der Waals surface area contributed by atoms with Gasteiger partial charge in [0.25, 0.3) is 0 Å². The van der Waals surface area contributed by atoms with Crippen molar-refractivity contribution in [3.63, 3.8) is 0 Å². The van der Waals surface area contributed by atoms with Gasteiger partial charge in [-0.25, -0.2) is 9.78 Å². The maximum absolute atomic E-state index is 11.9. The summed E-state index contributed by atoms with van der Waals surface area (Å²) in [5, 5.41) is 9.86. The Labute approximate surface area is 127 Å².